The number of nitrogens with zero attached hydrogens (tertiary/aromatic N) is 2. The van der Waals surface area contributed by atoms with E-state index >= 15 is 0 Å². The molecule has 0 saturated carbocycles. The Morgan fingerprint density at radius 2 is 1.87 bits per heavy atom. The Morgan fingerprint density at radius 1 is 1.13 bits per heavy atom. The van der Waals surface area contributed by atoms with Crippen molar-refractivity contribution >= 4 is 46.8 Å². The number of ether oxygens (including phenoxy) is 3. The molecule has 2 aromatic rings. The molecule has 10 heteroatoms. The van der Waals surface area contributed by atoms with Gasteiger partial charge in [0.1, 0.15) is 5.02 Å². The first kappa shape index (κ1) is 21.6. The number of rotatable bonds is 7. The monoisotopic (exact) mass is 450 g/mol. The van der Waals surface area contributed by atoms with Crippen LogP contribution in [0, 0.1) is 10.1 Å². The summed E-state index contributed by atoms with van der Waals surface area (Å²) in [7, 11) is 0. The van der Waals surface area contributed by atoms with Crippen molar-refractivity contribution in [2.45, 2.75) is 13.8 Å². The van der Waals surface area contributed by atoms with Gasteiger partial charge >= 0.3 is 5.97 Å². The Hall–Kier alpha value is -3.10. The van der Waals surface area contributed by atoms with Crippen molar-refractivity contribution in [3.8, 4) is 11.5 Å². The molecule has 1 heterocycles. The minimum Gasteiger partial charge on any atom is -0.490 e. The molecule has 0 amide bonds. The van der Waals surface area contributed by atoms with E-state index < -0.39 is 10.9 Å². The molecule has 30 heavy (non-hydrogen) atoms. The van der Waals surface area contributed by atoms with Crippen LogP contribution in [0.1, 0.15) is 25.0 Å². The van der Waals surface area contributed by atoms with Crippen LogP contribution in [0.4, 0.5) is 5.69 Å². The summed E-state index contributed by atoms with van der Waals surface area (Å²) >= 11 is 12.1. The van der Waals surface area contributed by atoms with Crippen LogP contribution < -0.4 is 9.47 Å². The van der Waals surface area contributed by atoms with E-state index in [1.807, 2.05) is 13.8 Å². The molecule has 0 aliphatic carbocycles. The highest BCUT2D eigenvalue weighted by atomic mass is 35.5. The number of nitro groups is 1. The lowest BCUT2D eigenvalue weighted by atomic mass is 10.1. The fourth-order valence-electron chi connectivity index (χ4n) is 2.69. The normalized spacial score (nSPS) is 14.5. The number of hydrogen-bond acceptors (Lipinski definition) is 7. The summed E-state index contributed by atoms with van der Waals surface area (Å²) in [5.74, 6) is 0.0797. The standard InChI is InChI=1S/C20H16Cl2N2O6/c1-3-28-17-9-11(7-14(22)18(17)29-4-2)8-15-20(25)30-19(23-15)12-5-6-13(21)16(10-12)24(26)27/h5-10H,3-4H2,1-2H3. The zero-order chi connectivity index (χ0) is 21.8. The molecule has 156 valence electrons. The van der Waals surface area contributed by atoms with Gasteiger partial charge in [-0.05, 0) is 49.8 Å². The number of cyclic esters (lactones) is 1. The van der Waals surface area contributed by atoms with Crippen molar-refractivity contribution in [1.82, 2.24) is 0 Å². The maximum Gasteiger partial charge on any atom is 0.363 e. The molecule has 1 aliphatic heterocycles. The van der Waals surface area contributed by atoms with E-state index in [0.717, 1.165) is 0 Å². The Labute approximate surface area is 181 Å². The second kappa shape index (κ2) is 9.15. The summed E-state index contributed by atoms with van der Waals surface area (Å²) in [6, 6.07) is 7.29. The largest absolute Gasteiger partial charge is 0.490 e. The third-order valence-electron chi connectivity index (χ3n) is 3.93. The van der Waals surface area contributed by atoms with Crippen molar-refractivity contribution in [2.75, 3.05) is 13.2 Å². The third kappa shape index (κ3) is 4.55. The van der Waals surface area contributed by atoms with Gasteiger partial charge in [0.25, 0.3) is 5.69 Å². The van der Waals surface area contributed by atoms with Crippen LogP contribution in [0.2, 0.25) is 10.0 Å². The van der Waals surface area contributed by atoms with Gasteiger partial charge in [0.2, 0.25) is 5.90 Å². The van der Waals surface area contributed by atoms with Gasteiger partial charge in [-0.15, -0.1) is 0 Å². The van der Waals surface area contributed by atoms with E-state index in [1.54, 1.807) is 12.1 Å². The predicted molar refractivity (Wildman–Crippen MR) is 113 cm³/mol. The molecule has 0 N–H and O–H groups in total. The Kier molecular flexibility index (Phi) is 6.59. The first-order chi connectivity index (χ1) is 14.3. The average Bonchev–Trinajstić information content (AvgIpc) is 3.05. The minimum atomic E-state index is -0.703. The highest BCUT2D eigenvalue weighted by Crippen LogP contribution is 2.37. The number of nitro benzene ring substituents is 1. The minimum absolute atomic E-state index is 0.00489. The molecular weight excluding hydrogens is 435 g/mol. The molecule has 3 rings (SSSR count). The SMILES string of the molecule is CCOc1cc(C=C2N=C(c3ccc(Cl)c([N+](=O)[O-])c3)OC2=O)cc(Cl)c1OCC. The first-order valence-corrected chi connectivity index (χ1v) is 9.65. The lowest BCUT2D eigenvalue weighted by Gasteiger charge is -2.13. The molecule has 2 aromatic carbocycles. The van der Waals surface area contributed by atoms with Crippen molar-refractivity contribution in [3.05, 3.63) is 67.3 Å². The van der Waals surface area contributed by atoms with E-state index in [1.165, 1.54) is 24.3 Å². The van der Waals surface area contributed by atoms with Gasteiger partial charge in [-0.25, -0.2) is 9.79 Å². The number of benzene rings is 2. The summed E-state index contributed by atoms with van der Waals surface area (Å²) < 4.78 is 16.3. The van der Waals surface area contributed by atoms with Crippen LogP contribution in [-0.4, -0.2) is 30.0 Å². The molecular formula is C20H16Cl2N2O6. The van der Waals surface area contributed by atoms with Crippen LogP contribution in [0.5, 0.6) is 11.5 Å². The molecule has 0 unspecified atom stereocenters. The highest BCUT2D eigenvalue weighted by molar-refractivity contribution is 6.33. The van der Waals surface area contributed by atoms with Gasteiger partial charge in [-0.2, -0.15) is 0 Å². The number of hydrogen-bond donors (Lipinski definition) is 0. The molecule has 0 saturated heterocycles. The highest BCUT2D eigenvalue weighted by Gasteiger charge is 2.26. The molecule has 8 nitrogen and oxygen atoms in total. The van der Waals surface area contributed by atoms with Gasteiger partial charge in [0.15, 0.2) is 17.2 Å². The lowest BCUT2D eigenvalue weighted by molar-refractivity contribution is -0.384. The van der Waals surface area contributed by atoms with Gasteiger partial charge in [-0.1, -0.05) is 23.2 Å². The van der Waals surface area contributed by atoms with E-state index in [-0.39, 0.29) is 27.9 Å². The molecule has 0 spiro atoms. The summed E-state index contributed by atoms with van der Waals surface area (Å²) in [5.41, 5.74) is 0.490. The topological polar surface area (TPSA) is 100 Å². The van der Waals surface area contributed by atoms with Crippen molar-refractivity contribution in [3.63, 3.8) is 0 Å². The second-order valence-electron chi connectivity index (χ2n) is 5.96. The van der Waals surface area contributed by atoms with Crippen molar-refractivity contribution in [2.24, 2.45) is 4.99 Å². The predicted octanol–water partition coefficient (Wildman–Crippen LogP) is 5.04. The zero-order valence-corrected chi connectivity index (χ0v) is 17.5. The maximum absolute atomic E-state index is 12.3. The average molecular weight is 451 g/mol. The van der Waals surface area contributed by atoms with Crippen LogP contribution >= 0.6 is 23.2 Å². The van der Waals surface area contributed by atoms with E-state index in [9.17, 15) is 14.9 Å². The fourth-order valence-corrected chi connectivity index (χ4v) is 3.15. The van der Waals surface area contributed by atoms with E-state index in [2.05, 4.69) is 4.99 Å². The number of halogens is 2. The van der Waals surface area contributed by atoms with Gasteiger partial charge in [-0.3, -0.25) is 10.1 Å². The summed E-state index contributed by atoms with van der Waals surface area (Å²) in [6.07, 6.45) is 1.48. The Balaban J connectivity index is 1.98. The van der Waals surface area contributed by atoms with E-state index in [4.69, 9.17) is 37.4 Å². The van der Waals surface area contributed by atoms with Crippen LogP contribution in [0.15, 0.2) is 41.0 Å². The van der Waals surface area contributed by atoms with E-state index in [0.29, 0.717) is 35.3 Å². The van der Waals surface area contributed by atoms with Crippen LogP contribution in [0.3, 0.4) is 0 Å². The van der Waals surface area contributed by atoms with Crippen LogP contribution in [-0.2, 0) is 9.53 Å². The molecule has 0 fully saturated rings. The lowest BCUT2D eigenvalue weighted by Crippen LogP contribution is -2.06. The quantitative estimate of drug-likeness (QED) is 0.253. The molecule has 0 bridgehead atoms. The smallest absolute Gasteiger partial charge is 0.363 e. The first-order valence-electron chi connectivity index (χ1n) is 8.90. The van der Waals surface area contributed by atoms with Crippen molar-refractivity contribution in [1.29, 1.82) is 0 Å². The molecule has 1 aliphatic rings. The van der Waals surface area contributed by atoms with Gasteiger partial charge < -0.3 is 14.2 Å². The zero-order valence-electron chi connectivity index (χ0n) is 16.0. The number of esters is 1. The van der Waals surface area contributed by atoms with Gasteiger partial charge in [0.05, 0.1) is 23.2 Å². The fraction of sp³-hybridized carbons (Fsp3) is 0.200. The van der Waals surface area contributed by atoms with Crippen molar-refractivity contribution < 1.29 is 23.9 Å². The second-order valence-corrected chi connectivity index (χ2v) is 6.77. The maximum atomic E-state index is 12.3. The molecule has 0 aromatic heterocycles. The number of carbonyl (C=O) groups excluding carboxylic acids is 1. The number of carbonyl (C=O) groups is 1. The third-order valence-corrected chi connectivity index (χ3v) is 4.53. The number of aliphatic imine (C=N–C) groups is 1. The molecule has 0 radical (unpaired) electrons. The summed E-state index contributed by atoms with van der Waals surface area (Å²) in [5, 5.41) is 11.4. The summed E-state index contributed by atoms with van der Waals surface area (Å²) in [4.78, 5) is 26.9. The van der Waals surface area contributed by atoms with Crippen LogP contribution in [0.25, 0.3) is 6.08 Å². The Bertz CT molecular complexity index is 1080. The summed E-state index contributed by atoms with van der Waals surface area (Å²) in [6.45, 7) is 4.46. The Morgan fingerprint density at radius 3 is 2.53 bits per heavy atom. The molecule has 0 atom stereocenters. The van der Waals surface area contributed by atoms with Gasteiger partial charge in [0, 0.05) is 11.6 Å².